The van der Waals surface area contributed by atoms with E-state index in [9.17, 15) is 9.59 Å². The summed E-state index contributed by atoms with van der Waals surface area (Å²) in [6, 6.07) is 31.9. The molecule has 6 heteroatoms. The Morgan fingerprint density at radius 3 is 2.13 bits per heavy atom. The van der Waals surface area contributed by atoms with Gasteiger partial charge in [0, 0.05) is 30.0 Å². The summed E-state index contributed by atoms with van der Waals surface area (Å²) in [4.78, 5) is 27.7. The van der Waals surface area contributed by atoms with Gasteiger partial charge < -0.3 is 15.4 Å². The van der Waals surface area contributed by atoms with Gasteiger partial charge in [-0.05, 0) is 86.0 Å². The lowest BCUT2D eigenvalue weighted by Crippen LogP contribution is -2.41. The molecule has 6 nitrogen and oxygen atoms in total. The van der Waals surface area contributed by atoms with Crippen molar-refractivity contribution in [1.29, 1.82) is 0 Å². The van der Waals surface area contributed by atoms with Gasteiger partial charge in [0.25, 0.3) is 5.91 Å². The molecule has 4 aromatic rings. The molecule has 0 aliphatic heterocycles. The van der Waals surface area contributed by atoms with Crippen LogP contribution in [0, 0.1) is 6.92 Å². The number of urea groups is 1. The number of ether oxygens (including phenoxy) is 1. The van der Waals surface area contributed by atoms with Gasteiger partial charge in [0.1, 0.15) is 11.5 Å². The average Bonchev–Trinajstić information content (AvgIpc) is 2.96. The van der Waals surface area contributed by atoms with Gasteiger partial charge in [-0.1, -0.05) is 61.4 Å². The molecule has 0 heterocycles. The number of unbranched alkanes of at least 4 members (excludes halogenated alkanes) is 1. The van der Waals surface area contributed by atoms with Crippen molar-refractivity contribution in [3.8, 4) is 11.5 Å². The molecule has 39 heavy (non-hydrogen) atoms. The van der Waals surface area contributed by atoms with E-state index in [1.165, 1.54) is 5.56 Å². The number of amides is 3. The molecular formula is C33H35N3O3. The summed E-state index contributed by atoms with van der Waals surface area (Å²) in [7, 11) is 0. The number of hydrogen-bond donors (Lipinski definition) is 2. The second-order valence-corrected chi connectivity index (χ2v) is 9.41. The van der Waals surface area contributed by atoms with Crippen molar-refractivity contribution in [2.45, 2.75) is 33.1 Å². The second kappa shape index (κ2) is 13.8. The summed E-state index contributed by atoms with van der Waals surface area (Å²) in [6.07, 6.45) is 3.28. The minimum atomic E-state index is -0.287. The Bertz CT molecular complexity index is 1340. The third-order valence-electron chi connectivity index (χ3n) is 6.33. The van der Waals surface area contributed by atoms with Gasteiger partial charge in [0.05, 0.1) is 0 Å². The fourth-order valence-corrected chi connectivity index (χ4v) is 4.08. The quantitative estimate of drug-likeness (QED) is 0.213. The molecule has 3 amide bonds. The Morgan fingerprint density at radius 2 is 1.46 bits per heavy atom. The highest BCUT2D eigenvalue weighted by Gasteiger charge is 2.17. The van der Waals surface area contributed by atoms with Crippen LogP contribution in [-0.2, 0) is 6.42 Å². The number of carbonyl (C=O) groups excluding carboxylic acids is 2. The standard InChI is InChI=1S/C33H35N3O3/c1-3-4-8-26-13-15-27(16-14-26)32(37)34-23-24-36(33(38)35-28-17-11-25(2)12-18-28)29-19-21-31(22-20-29)39-30-9-6-5-7-10-30/h5-7,9-22H,3-4,8,23-24H2,1-2H3,(H,34,37)(H,35,38). The molecule has 0 saturated carbocycles. The van der Waals surface area contributed by atoms with Crippen molar-refractivity contribution in [3.05, 3.63) is 120 Å². The third-order valence-corrected chi connectivity index (χ3v) is 6.33. The van der Waals surface area contributed by atoms with Crippen LogP contribution in [0.1, 0.15) is 41.3 Å². The Morgan fingerprint density at radius 1 is 0.795 bits per heavy atom. The van der Waals surface area contributed by atoms with Crippen LogP contribution in [0.25, 0.3) is 0 Å². The van der Waals surface area contributed by atoms with Gasteiger partial charge in [-0.25, -0.2) is 4.79 Å². The molecule has 2 N–H and O–H groups in total. The van der Waals surface area contributed by atoms with Crippen molar-refractivity contribution in [2.24, 2.45) is 0 Å². The molecule has 0 fully saturated rings. The minimum Gasteiger partial charge on any atom is -0.457 e. The summed E-state index contributed by atoms with van der Waals surface area (Å²) < 4.78 is 5.90. The number of carbonyl (C=O) groups is 2. The van der Waals surface area contributed by atoms with Gasteiger partial charge in [-0.3, -0.25) is 9.69 Å². The van der Waals surface area contributed by atoms with E-state index >= 15 is 0 Å². The number of nitrogens with one attached hydrogen (secondary N) is 2. The highest BCUT2D eigenvalue weighted by molar-refractivity contribution is 6.02. The highest BCUT2D eigenvalue weighted by Crippen LogP contribution is 2.25. The number of aryl methyl sites for hydroxylation is 2. The van der Waals surface area contributed by atoms with Crippen LogP contribution in [0.2, 0.25) is 0 Å². The van der Waals surface area contributed by atoms with Crippen molar-refractivity contribution in [3.63, 3.8) is 0 Å². The van der Waals surface area contributed by atoms with Crippen LogP contribution in [-0.4, -0.2) is 25.0 Å². The first-order valence-electron chi connectivity index (χ1n) is 13.4. The smallest absolute Gasteiger partial charge is 0.326 e. The fourth-order valence-electron chi connectivity index (χ4n) is 4.08. The van der Waals surface area contributed by atoms with Crippen LogP contribution in [0.5, 0.6) is 11.5 Å². The van der Waals surface area contributed by atoms with Crippen LogP contribution in [0.3, 0.4) is 0 Å². The SMILES string of the molecule is CCCCc1ccc(C(=O)NCCN(C(=O)Nc2ccc(C)cc2)c2ccc(Oc3ccccc3)cc2)cc1. The van der Waals surface area contributed by atoms with Crippen molar-refractivity contribution < 1.29 is 14.3 Å². The lowest BCUT2D eigenvalue weighted by Gasteiger charge is -2.24. The molecule has 0 bridgehead atoms. The first-order valence-corrected chi connectivity index (χ1v) is 13.4. The lowest BCUT2D eigenvalue weighted by atomic mass is 10.1. The molecule has 0 unspecified atom stereocenters. The maximum Gasteiger partial charge on any atom is 0.326 e. The minimum absolute atomic E-state index is 0.164. The zero-order valence-electron chi connectivity index (χ0n) is 22.5. The number of benzene rings is 4. The predicted molar refractivity (Wildman–Crippen MR) is 158 cm³/mol. The van der Waals surface area contributed by atoms with Crippen LogP contribution < -0.4 is 20.3 Å². The van der Waals surface area contributed by atoms with Gasteiger partial charge >= 0.3 is 6.03 Å². The zero-order chi connectivity index (χ0) is 27.5. The Labute approximate surface area is 230 Å². The second-order valence-electron chi connectivity index (χ2n) is 9.41. The molecule has 4 rings (SSSR count). The monoisotopic (exact) mass is 521 g/mol. The Kier molecular flexibility index (Phi) is 9.73. The summed E-state index contributed by atoms with van der Waals surface area (Å²) in [6.45, 7) is 4.74. The summed E-state index contributed by atoms with van der Waals surface area (Å²) in [5, 5.41) is 5.90. The largest absolute Gasteiger partial charge is 0.457 e. The molecule has 0 spiro atoms. The lowest BCUT2D eigenvalue weighted by molar-refractivity contribution is 0.0954. The van der Waals surface area contributed by atoms with E-state index in [4.69, 9.17) is 4.74 Å². The summed E-state index contributed by atoms with van der Waals surface area (Å²) in [5.74, 6) is 1.24. The van der Waals surface area contributed by atoms with Crippen LogP contribution in [0.15, 0.2) is 103 Å². The van der Waals surface area contributed by atoms with Gasteiger partial charge in [0.2, 0.25) is 0 Å². The number of rotatable bonds is 11. The molecule has 4 aromatic carbocycles. The number of para-hydroxylation sites is 1. The van der Waals surface area contributed by atoms with Crippen LogP contribution in [0.4, 0.5) is 16.2 Å². The first-order chi connectivity index (χ1) is 19.0. The Hall–Kier alpha value is -4.58. The van der Waals surface area contributed by atoms with E-state index in [1.807, 2.05) is 110 Å². The molecule has 0 aliphatic carbocycles. The van der Waals surface area contributed by atoms with Crippen molar-refractivity contribution in [2.75, 3.05) is 23.3 Å². The van der Waals surface area contributed by atoms with Crippen molar-refractivity contribution >= 4 is 23.3 Å². The average molecular weight is 522 g/mol. The fraction of sp³-hybridized carbons (Fsp3) is 0.212. The molecule has 0 atom stereocenters. The van der Waals surface area contributed by atoms with E-state index in [1.54, 1.807) is 4.90 Å². The third kappa shape index (κ3) is 8.20. The molecule has 0 aliphatic rings. The number of anilines is 2. The number of hydrogen-bond acceptors (Lipinski definition) is 3. The summed E-state index contributed by atoms with van der Waals surface area (Å²) >= 11 is 0. The van der Waals surface area contributed by atoms with E-state index in [2.05, 4.69) is 17.6 Å². The van der Waals surface area contributed by atoms with Gasteiger partial charge in [-0.2, -0.15) is 0 Å². The van der Waals surface area contributed by atoms with Gasteiger partial charge in [-0.15, -0.1) is 0 Å². The van der Waals surface area contributed by atoms with Crippen molar-refractivity contribution in [1.82, 2.24) is 5.32 Å². The topological polar surface area (TPSA) is 70.7 Å². The maximum atomic E-state index is 13.3. The normalized spacial score (nSPS) is 10.5. The predicted octanol–water partition coefficient (Wildman–Crippen LogP) is 7.60. The van der Waals surface area contributed by atoms with E-state index in [0.717, 1.165) is 30.6 Å². The molecular weight excluding hydrogens is 486 g/mol. The number of nitrogens with zero attached hydrogens (tertiary/aromatic N) is 1. The van der Waals surface area contributed by atoms with E-state index < -0.39 is 0 Å². The van der Waals surface area contributed by atoms with E-state index in [0.29, 0.717) is 29.2 Å². The molecule has 0 aromatic heterocycles. The Balaban J connectivity index is 1.43. The molecule has 0 saturated heterocycles. The van der Waals surface area contributed by atoms with E-state index in [-0.39, 0.29) is 18.5 Å². The first kappa shape index (κ1) is 27.5. The highest BCUT2D eigenvalue weighted by atomic mass is 16.5. The van der Waals surface area contributed by atoms with Gasteiger partial charge in [0.15, 0.2) is 0 Å². The zero-order valence-corrected chi connectivity index (χ0v) is 22.5. The molecule has 200 valence electrons. The molecule has 0 radical (unpaired) electrons. The maximum absolute atomic E-state index is 13.3. The van der Waals surface area contributed by atoms with Crippen LogP contribution >= 0.6 is 0 Å². The summed E-state index contributed by atoms with van der Waals surface area (Å²) in [5.41, 5.74) is 4.33.